The summed E-state index contributed by atoms with van der Waals surface area (Å²) in [6.07, 6.45) is 1.98. The van der Waals surface area contributed by atoms with Crippen molar-refractivity contribution in [1.82, 2.24) is 15.1 Å². The molecule has 1 aromatic heterocycles. The molecule has 0 saturated carbocycles. The molecular formula is C22H31ClN4O2. The van der Waals surface area contributed by atoms with Crippen LogP contribution in [0.2, 0.25) is 5.02 Å². The van der Waals surface area contributed by atoms with Crippen molar-refractivity contribution in [3.63, 3.8) is 0 Å². The van der Waals surface area contributed by atoms with Gasteiger partial charge in [0.15, 0.2) is 0 Å². The van der Waals surface area contributed by atoms with Crippen molar-refractivity contribution < 1.29 is 9.59 Å². The van der Waals surface area contributed by atoms with E-state index in [0.717, 1.165) is 17.8 Å². The van der Waals surface area contributed by atoms with Crippen molar-refractivity contribution in [1.29, 1.82) is 0 Å². The highest BCUT2D eigenvalue weighted by Crippen LogP contribution is 2.27. The number of rotatable bonds is 8. The predicted molar refractivity (Wildman–Crippen MR) is 118 cm³/mol. The molecule has 0 unspecified atom stereocenters. The summed E-state index contributed by atoms with van der Waals surface area (Å²) >= 11 is 5.99. The van der Waals surface area contributed by atoms with Gasteiger partial charge in [-0.3, -0.25) is 9.59 Å². The first-order valence-corrected chi connectivity index (χ1v) is 10.4. The molecule has 0 bridgehead atoms. The molecule has 29 heavy (non-hydrogen) atoms. The normalized spacial score (nSPS) is 12.5. The molecule has 2 N–H and O–H groups in total. The molecule has 1 aromatic carbocycles. The van der Waals surface area contributed by atoms with E-state index in [1.54, 1.807) is 16.8 Å². The summed E-state index contributed by atoms with van der Waals surface area (Å²) in [5.74, 6) is 0.441. The summed E-state index contributed by atoms with van der Waals surface area (Å²) in [5.41, 5.74) is 1.52. The van der Waals surface area contributed by atoms with Crippen LogP contribution >= 0.6 is 11.6 Å². The van der Waals surface area contributed by atoms with E-state index in [4.69, 9.17) is 11.6 Å². The van der Waals surface area contributed by atoms with E-state index in [0.29, 0.717) is 23.7 Å². The van der Waals surface area contributed by atoms with Crippen molar-refractivity contribution >= 4 is 29.2 Å². The predicted octanol–water partition coefficient (Wildman–Crippen LogP) is 4.85. The molecule has 2 aromatic rings. The first kappa shape index (κ1) is 22.9. The zero-order chi connectivity index (χ0) is 21.6. The van der Waals surface area contributed by atoms with E-state index in [1.807, 2.05) is 32.0 Å². The highest BCUT2D eigenvalue weighted by molar-refractivity contribution is 6.30. The topological polar surface area (TPSA) is 76.0 Å². The lowest BCUT2D eigenvalue weighted by atomic mass is 9.92. The van der Waals surface area contributed by atoms with E-state index in [2.05, 4.69) is 36.5 Å². The maximum Gasteiger partial charge on any atom is 0.225 e. The van der Waals surface area contributed by atoms with E-state index in [9.17, 15) is 9.59 Å². The fourth-order valence-corrected chi connectivity index (χ4v) is 2.81. The van der Waals surface area contributed by atoms with Gasteiger partial charge < -0.3 is 10.6 Å². The Hall–Kier alpha value is -2.34. The minimum Gasteiger partial charge on any atom is -0.354 e. The Morgan fingerprint density at radius 2 is 1.76 bits per heavy atom. The number of anilines is 1. The van der Waals surface area contributed by atoms with Gasteiger partial charge in [0.1, 0.15) is 5.82 Å². The molecule has 1 atom stereocenters. The number of nitrogens with one attached hydrogen (secondary N) is 2. The molecule has 158 valence electrons. The molecule has 0 saturated heterocycles. The lowest BCUT2D eigenvalue weighted by molar-refractivity contribution is -0.122. The number of hydrogen-bond acceptors (Lipinski definition) is 3. The highest BCUT2D eigenvalue weighted by atomic mass is 35.5. The summed E-state index contributed by atoms with van der Waals surface area (Å²) in [5, 5.41) is 11.2. The van der Waals surface area contributed by atoms with Gasteiger partial charge in [-0.1, -0.05) is 39.3 Å². The Balaban J connectivity index is 2.06. The van der Waals surface area contributed by atoms with Crippen LogP contribution in [-0.4, -0.2) is 27.6 Å². The van der Waals surface area contributed by atoms with Gasteiger partial charge in [-0.25, -0.2) is 4.68 Å². The number of benzene rings is 1. The molecule has 2 rings (SSSR count). The third-order valence-electron chi connectivity index (χ3n) is 4.64. The van der Waals surface area contributed by atoms with Crippen LogP contribution in [-0.2, 0) is 15.0 Å². The zero-order valence-corrected chi connectivity index (χ0v) is 18.6. The van der Waals surface area contributed by atoms with Crippen LogP contribution < -0.4 is 10.6 Å². The molecule has 0 aliphatic rings. The Kier molecular flexibility index (Phi) is 7.85. The van der Waals surface area contributed by atoms with Crippen molar-refractivity contribution in [3.05, 3.63) is 41.0 Å². The lowest BCUT2D eigenvalue weighted by Crippen LogP contribution is -2.31. The minimum atomic E-state index is -0.161. The van der Waals surface area contributed by atoms with Crippen LogP contribution in [0.5, 0.6) is 0 Å². The number of nitrogens with zero attached hydrogens (tertiary/aromatic N) is 2. The number of carbonyl (C=O) groups is 2. The third-order valence-corrected chi connectivity index (χ3v) is 4.90. The summed E-state index contributed by atoms with van der Waals surface area (Å²) in [6.45, 7) is 10.2. The van der Waals surface area contributed by atoms with Crippen molar-refractivity contribution in [3.8, 4) is 5.69 Å². The lowest BCUT2D eigenvalue weighted by Gasteiger charge is -2.14. The fourth-order valence-electron chi connectivity index (χ4n) is 2.68. The van der Waals surface area contributed by atoms with Gasteiger partial charge in [-0.15, -0.1) is 0 Å². The van der Waals surface area contributed by atoms with Gasteiger partial charge >= 0.3 is 0 Å². The van der Waals surface area contributed by atoms with Crippen LogP contribution in [0, 0.1) is 0 Å². The second-order valence-corrected chi connectivity index (χ2v) is 8.77. The molecular weight excluding hydrogens is 388 g/mol. The Morgan fingerprint density at radius 1 is 1.14 bits per heavy atom. The number of carbonyl (C=O) groups excluding carboxylic acids is 2. The van der Waals surface area contributed by atoms with E-state index >= 15 is 0 Å². The monoisotopic (exact) mass is 418 g/mol. The SMILES string of the molecule is CC[C@@H](C)NC(=O)CCCC(=O)Nc1cc(C(C)(C)C)nn1-c1ccc(Cl)cc1. The largest absolute Gasteiger partial charge is 0.354 e. The van der Waals surface area contributed by atoms with Crippen molar-refractivity contribution in [2.45, 2.75) is 71.8 Å². The fraction of sp³-hybridized carbons (Fsp3) is 0.500. The molecule has 2 amide bonds. The molecule has 0 fully saturated rings. The Morgan fingerprint density at radius 3 is 2.34 bits per heavy atom. The molecule has 7 heteroatoms. The van der Waals surface area contributed by atoms with E-state index < -0.39 is 0 Å². The zero-order valence-electron chi connectivity index (χ0n) is 17.9. The average molecular weight is 419 g/mol. The van der Waals surface area contributed by atoms with Crippen LogP contribution in [0.1, 0.15) is 66.0 Å². The summed E-state index contributed by atoms with van der Waals surface area (Å²) in [7, 11) is 0. The van der Waals surface area contributed by atoms with Gasteiger partial charge in [0.25, 0.3) is 0 Å². The summed E-state index contributed by atoms with van der Waals surface area (Å²) < 4.78 is 1.71. The number of aromatic nitrogens is 2. The molecule has 0 radical (unpaired) electrons. The molecule has 1 heterocycles. The highest BCUT2D eigenvalue weighted by Gasteiger charge is 2.21. The maximum atomic E-state index is 12.5. The summed E-state index contributed by atoms with van der Waals surface area (Å²) in [6, 6.07) is 9.34. The van der Waals surface area contributed by atoms with Gasteiger partial charge in [-0.05, 0) is 44.0 Å². The summed E-state index contributed by atoms with van der Waals surface area (Å²) in [4.78, 5) is 24.3. The molecule has 0 aliphatic heterocycles. The number of hydrogen-bond donors (Lipinski definition) is 2. The quantitative estimate of drug-likeness (QED) is 0.643. The Labute approximate surface area is 178 Å². The van der Waals surface area contributed by atoms with E-state index in [1.165, 1.54) is 0 Å². The van der Waals surface area contributed by atoms with Gasteiger partial charge in [0.05, 0.1) is 11.4 Å². The maximum absolute atomic E-state index is 12.5. The second-order valence-electron chi connectivity index (χ2n) is 8.33. The smallest absolute Gasteiger partial charge is 0.225 e. The van der Waals surface area contributed by atoms with Crippen LogP contribution in [0.3, 0.4) is 0 Å². The van der Waals surface area contributed by atoms with Gasteiger partial charge in [0, 0.05) is 35.4 Å². The van der Waals surface area contributed by atoms with Gasteiger partial charge in [0.2, 0.25) is 11.8 Å². The van der Waals surface area contributed by atoms with E-state index in [-0.39, 0.29) is 29.7 Å². The first-order chi connectivity index (χ1) is 13.6. The number of amides is 2. The number of halogens is 1. The van der Waals surface area contributed by atoms with Crippen molar-refractivity contribution in [2.75, 3.05) is 5.32 Å². The second kappa shape index (κ2) is 9.92. The van der Waals surface area contributed by atoms with Crippen LogP contribution in [0.4, 0.5) is 5.82 Å². The third kappa shape index (κ3) is 6.89. The van der Waals surface area contributed by atoms with Crippen LogP contribution in [0.25, 0.3) is 5.69 Å². The molecule has 0 aliphatic carbocycles. The molecule has 0 spiro atoms. The Bertz CT molecular complexity index is 837. The van der Waals surface area contributed by atoms with Crippen LogP contribution in [0.15, 0.2) is 30.3 Å². The van der Waals surface area contributed by atoms with Crippen molar-refractivity contribution in [2.24, 2.45) is 0 Å². The first-order valence-electron chi connectivity index (χ1n) is 10.1. The van der Waals surface area contributed by atoms with Gasteiger partial charge in [-0.2, -0.15) is 5.10 Å². The average Bonchev–Trinajstić information content (AvgIpc) is 3.06. The molecule has 6 nitrogen and oxygen atoms in total. The standard InChI is InChI=1S/C22H31ClN4O2/c1-6-15(2)24-20(28)8-7-9-21(29)25-19-14-18(22(3,4)5)26-27(19)17-12-10-16(23)11-13-17/h10-15H,6-9H2,1-5H3,(H,24,28)(H,25,29)/t15-/m1/s1. The minimum absolute atomic E-state index is 0.0200.